The first-order valence-electron chi connectivity index (χ1n) is 7.14. The summed E-state index contributed by atoms with van der Waals surface area (Å²) in [5.74, 6) is -1.62. The molecule has 0 aliphatic carbocycles. The van der Waals surface area contributed by atoms with E-state index in [9.17, 15) is 13.6 Å². The molecule has 0 spiro atoms. The average Bonchev–Trinajstić information content (AvgIpc) is 2.50. The number of Topliss-reactive ketones (excluding diaryl/α,β-unsaturated/α-hetero) is 1. The Balaban J connectivity index is 2.29. The lowest BCUT2D eigenvalue weighted by atomic mass is 9.96. The minimum Gasteiger partial charge on any atom is -0.294 e. The van der Waals surface area contributed by atoms with Crippen LogP contribution in [0.15, 0.2) is 36.4 Å². The van der Waals surface area contributed by atoms with Gasteiger partial charge in [-0.3, -0.25) is 4.79 Å². The fourth-order valence-electron chi connectivity index (χ4n) is 2.44. The summed E-state index contributed by atoms with van der Waals surface area (Å²) in [5, 5.41) is 0. The lowest BCUT2D eigenvalue weighted by Gasteiger charge is -2.09. The maximum Gasteiger partial charge on any atom is 0.167 e. The summed E-state index contributed by atoms with van der Waals surface area (Å²) in [6.45, 7) is 4.09. The maximum atomic E-state index is 13.6. The SMILES string of the molecule is CCc1ccc(C(=O)Cc2c(F)cccc2F)cc1CC. The summed E-state index contributed by atoms with van der Waals surface area (Å²) in [5.41, 5.74) is 2.65. The van der Waals surface area contributed by atoms with Gasteiger partial charge in [-0.2, -0.15) is 0 Å². The Labute approximate surface area is 123 Å². The summed E-state index contributed by atoms with van der Waals surface area (Å²) in [6.07, 6.45) is 1.48. The van der Waals surface area contributed by atoms with Gasteiger partial charge in [0.15, 0.2) is 5.78 Å². The zero-order valence-corrected chi connectivity index (χ0v) is 12.2. The van der Waals surface area contributed by atoms with Crippen LogP contribution in [0, 0.1) is 11.6 Å². The fraction of sp³-hybridized carbons (Fsp3) is 0.278. The zero-order valence-electron chi connectivity index (χ0n) is 12.2. The fourth-order valence-corrected chi connectivity index (χ4v) is 2.44. The van der Waals surface area contributed by atoms with Crippen LogP contribution in [0.5, 0.6) is 0 Å². The Kier molecular flexibility index (Phi) is 4.84. The molecule has 0 aliphatic heterocycles. The normalized spacial score (nSPS) is 10.7. The second kappa shape index (κ2) is 6.61. The summed E-state index contributed by atoms with van der Waals surface area (Å²) in [7, 11) is 0. The lowest BCUT2D eigenvalue weighted by molar-refractivity contribution is 0.0990. The highest BCUT2D eigenvalue weighted by Gasteiger charge is 2.15. The van der Waals surface area contributed by atoms with Crippen LogP contribution >= 0.6 is 0 Å². The highest BCUT2D eigenvalue weighted by molar-refractivity contribution is 5.97. The Morgan fingerprint density at radius 2 is 1.57 bits per heavy atom. The van der Waals surface area contributed by atoms with Crippen molar-refractivity contribution in [1.29, 1.82) is 0 Å². The number of hydrogen-bond acceptors (Lipinski definition) is 1. The van der Waals surface area contributed by atoms with E-state index in [1.807, 2.05) is 19.1 Å². The van der Waals surface area contributed by atoms with Gasteiger partial charge in [0.25, 0.3) is 0 Å². The van der Waals surface area contributed by atoms with Crippen LogP contribution in [0.3, 0.4) is 0 Å². The van der Waals surface area contributed by atoms with Crippen molar-refractivity contribution in [2.24, 2.45) is 0 Å². The lowest BCUT2D eigenvalue weighted by Crippen LogP contribution is -2.08. The van der Waals surface area contributed by atoms with Crippen LogP contribution in [-0.2, 0) is 19.3 Å². The molecular formula is C18H18F2O. The molecule has 0 N–H and O–H groups in total. The third-order valence-corrected chi connectivity index (χ3v) is 3.69. The molecule has 0 radical (unpaired) electrons. The molecule has 2 aromatic rings. The molecule has 0 unspecified atom stereocenters. The molecule has 0 saturated carbocycles. The van der Waals surface area contributed by atoms with Crippen molar-refractivity contribution >= 4 is 5.78 Å². The van der Waals surface area contributed by atoms with Crippen molar-refractivity contribution in [1.82, 2.24) is 0 Å². The molecule has 0 aliphatic rings. The maximum absolute atomic E-state index is 13.6. The van der Waals surface area contributed by atoms with E-state index in [1.54, 1.807) is 6.07 Å². The molecular weight excluding hydrogens is 270 g/mol. The summed E-state index contributed by atoms with van der Waals surface area (Å²) in [6, 6.07) is 9.12. The Hall–Kier alpha value is -2.03. The zero-order chi connectivity index (χ0) is 15.4. The van der Waals surface area contributed by atoms with Crippen molar-refractivity contribution in [2.45, 2.75) is 33.1 Å². The first kappa shape index (κ1) is 15.4. The molecule has 0 aromatic heterocycles. The first-order valence-corrected chi connectivity index (χ1v) is 7.14. The third kappa shape index (κ3) is 3.35. The molecule has 0 fully saturated rings. The molecule has 0 heterocycles. The topological polar surface area (TPSA) is 17.1 Å². The predicted molar refractivity (Wildman–Crippen MR) is 79.6 cm³/mol. The third-order valence-electron chi connectivity index (χ3n) is 3.69. The highest BCUT2D eigenvalue weighted by Crippen LogP contribution is 2.18. The monoisotopic (exact) mass is 288 g/mol. The van der Waals surface area contributed by atoms with Gasteiger partial charge in [-0.05, 0) is 42.2 Å². The number of rotatable bonds is 5. The van der Waals surface area contributed by atoms with Crippen molar-refractivity contribution in [2.75, 3.05) is 0 Å². The van der Waals surface area contributed by atoms with Gasteiger partial charge in [0.1, 0.15) is 11.6 Å². The standard InChI is InChI=1S/C18H18F2O/c1-3-12-8-9-14(10-13(12)4-2)18(21)11-15-16(19)6-5-7-17(15)20/h5-10H,3-4,11H2,1-2H3. The second-order valence-corrected chi connectivity index (χ2v) is 4.99. The first-order chi connectivity index (χ1) is 10.1. The van der Waals surface area contributed by atoms with E-state index in [1.165, 1.54) is 23.8 Å². The Bertz CT molecular complexity index is 642. The van der Waals surface area contributed by atoms with Gasteiger partial charge in [-0.25, -0.2) is 8.78 Å². The van der Waals surface area contributed by atoms with Crippen molar-refractivity contribution < 1.29 is 13.6 Å². The number of ketones is 1. The van der Waals surface area contributed by atoms with E-state index in [0.29, 0.717) is 5.56 Å². The van der Waals surface area contributed by atoms with Gasteiger partial charge in [0, 0.05) is 17.5 Å². The van der Waals surface area contributed by atoms with Gasteiger partial charge in [-0.1, -0.05) is 32.0 Å². The summed E-state index contributed by atoms with van der Waals surface area (Å²) >= 11 is 0. The van der Waals surface area contributed by atoms with E-state index >= 15 is 0 Å². The van der Waals surface area contributed by atoms with E-state index in [0.717, 1.165) is 18.4 Å². The molecule has 110 valence electrons. The molecule has 0 atom stereocenters. The van der Waals surface area contributed by atoms with Gasteiger partial charge >= 0.3 is 0 Å². The highest BCUT2D eigenvalue weighted by atomic mass is 19.1. The van der Waals surface area contributed by atoms with Gasteiger partial charge < -0.3 is 0 Å². The van der Waals surface area contributed by atoms with Crippen LogP contribution in [-0.4, -0.2) is 5.78 Å². The molecule has 1 nitrogen and oxygen atoms in total. The second-order valence-electron chi connectivity index (χ2n) is 4.99. The molecule has 3 heteroatoms. The van der Waals surface area contributed by atoms with Gasteiger partial charge in [-0.15, -0.1) is 0 Å². The smallest absolute Gasteiger partial charge is 0.167 e. The van der Waals surface area contributed by atoms with E-state index in [2.05, 4.69) is 6.92 Å². The number of carbonyl (C=O) groups excluding carboxylic acids is 1. The quantitative estimate of drug-likeness (QED) is 0.740. The molecule has 0 saturated heterocycles. The number of carbonyl (C=O) groups is 1. The Morgan fingerprint density at radius 3 is 2.14 bits per heavy atom. The predicted octanol–water partition coefficient (Wildman–Crippen LogP) is 4.52. The van der Waals surface area contributed by atoms with Crippen LogP contribution in [0.25, 0.3) is 0 Å². The van der Waals surface area contributed by atoms with E-state index in [4.69, 9.17) is 0 Å². The van der Waals surface area contributed by atoms with Gasteiger partial charge in [0.05, 0.1) is 0 Å². The molecule has 0 bridgehead atoms. The summed E-state index contributed by atoms with van der Waals surface area (Å²) in [4.78, 5) is 12.3. The Morgan fingerprint density at radius 1 is 0.952 bits per heavy atom. The van der Waals surface area contributed by atoms with Crippen molar-refractivity contribution in [3.63, 3.8) is 0 Å². The van der Waals surface area contributed by atoms with Crippen LogP contribution in [0.1, 0.15) is 40.9 Å². The van der Waals surface area contributed by atoms with Crippen LogP contribution < -0.4 is 0 Å². The van der Waals surface area contributed by atoms with Crippen molar-refractivity contribution in [3.05, 3.63) is 70.3 Å². The number of halogens is 2. The average molecular weight is 288 g/mol. The number of aryl methyl sites for hydroxylation is 2. The summed E-state index contributed by atoms with van der Waals surface area (Å²) < 4.78 is 27.2. The number of benzene rings is 2. The largest absolute Gasteiger partial charge is 0.294 e. The number of hydrogen-bond donors (Lipinski definition) is 0. The molecule has 21 heavy (non-hydrogen) atoms. The van der Waals surface area contributed by atoms with Crippen LogP contribution in [0.4, 0.5) is 8.78 Å². The van der Waals surface area contributed by atoms with Crippen molar-refractivity contribution in [3.8, 4) is 0 Å². The molecule has 2 aromatic carbocycles. The minimum atomic E-state index is -0.677. The van der Waals surface area contributed by atoms with Gasteiger partial charge in [0.2, 0.25) is 0 Å². The molecule has 0 amide bonds. The molecule has 2 rings (SSSR count). The van der Waals surface area contributed by atoms with Crippen LogP contribution in [0.2, 0.25) is 0 Å². The van der Waals surface area contributed by atoms with E-state index < -0.39 is 11.6 Å². The van der Waals surface area contributed by atoms with E-state index in [-0.39, 0.29) is 17.8 Å². The minimum absolute atomic E-state index is 0.167.